The van der Waals surface area contributed by atoms with Crippen LogP contribution in [0.25, 0.3) is 0 Å². The van der Waals surface area contributed by atoms with Crippen molar-refractivity contribution in [1.29, 1.82) is 0 Å². The summed E-state index contributed by atoms with van der Waals surface area (Å²) in [7, 11) is 0. The number of hydrogen-bond acceptors (Lipinski definition) is 1. The zero-order valence-electron chi connectivity index (χ0n) is 5.97. The molecule has 1 atom stereocenters. The van der Waals surface area contributed by atoms with Crippen LogP contribution < -0.4 is 0 Å². The lowest BCUT2D eigenvalue weighted by molar-refractivity contribution is 0.0739. The average Bonchev–Trinajstić information content (AvgIpc) is 1.91. The van der Waals surface area contributed by atoms with Crippen LogP contribution in [0.2, 0.25) is 0 Å². The summed E-state index contributed by atoms with van der Waals surface area (Å²) in [5, 5.41) is 0. The van der Waals surface area contributed by atoms with Crippen LogP contribution in [0.4, 0.5) is 0 Å². The fourth-order valence-electron chi connectivity index (χ4n) is 1.06. The summed E-state index contributed by atoms with van der Waals surface area (Å²) in [6.07, 6.45) is 8.30. The van der Waals surface area contributed by atoms with Crippen LogP contribution in [0.15, 0.2) is 12.2 Å². The van der Waals surface area contributed by atoms with Crippen molar-refractivity contribution < 1.29 is 4.74 Å². The highest BCUT2D eigenvalue weighted by Crippen LogP contribution is 2.09. The summed E-state index contributed by atoms with van der Waals surface area (Å²) in [6.45, 7) is 3.10. The minimum Gasteiger partial charge on any atom is -0.374 e. The molecule has 1 rings (SSSR count). The molecular weight excluding hydrogens is 112 g/mol. The van der Waals surface area contributed by atoms with Crippen molar-refractivity contribution in [1.82, 2.24) is 0 Å². The molecule has 0 aromatic rings. The van der Waals surface area contributed by atoms with E-state index in [1.807, 2.05) is 0 Å². The first-order valence-corrected chi connectivity index (χ1v) is 3.71. The molecule has 1 aliphatic rings. The second kappa shape index (κ2) is 3.67. The van der Waals surface area contributed by atoms with Gasteiger partial charge in [-0.2, -0.15) is 0 Å². The molecule has 1 nitrogen and oxygen atoms in total. The van der Waals surface area contributed by atoms with Gasteiger partial charge in [-0.15, -0.1) is 0 Å². The topological polar surface area (TPSA) is 9.23 Å². The van der Waals surface area contributed by atoms with Crippen molar-refractivity contribution in [2.24, 2.45) is 0 Å². The summed E-state index contributed by atoms with van der Waals surface area (Å²) in [6, 6.07) is 0. The Hall–Kier alpha value is -0.300. The maximum atomic E-state index is 5.43. The first-order valence-electron chi connectivity index (χ1n) is 3.71. The van der Waals surface area contributed by atoms with Crippen LogP contribution in [0.3, 0.4) is 0 Å². The third-order valence-corrected chi connectivity index (χ3v) is 1.54. The largest absolute Gasteiger partial charge is 0.374 e. The first kappa shape index (κ1) is 6.81. The van der Waals surface area contributed by atoms with Gasteiger partial charge in [0.15, 0.2) is 0 Å². The molecule has 1 aliphatic heterocycles. The zero-order valence-corrected chi connectivity index (χ0v) is 5.97. The van der Waals surface area contributed by atoms with Crippen LogP contribution >= 0.6 is 0 Å². The Kier molecular flexibility index (Phi) is 2.78. The van der Waals surface area contributed by atoms with Gasteiger partial charge in [0.05, 0.1) is 12.7 Å². The van der Waals surface area contributed by atoms with Gasteiger partial charge >= 0.3 is 0 Å². The molecule has 0 unspecified atom stereocenters. The Bertz CT molecular complexity index is 96.7. The van der Waals surface area contributed by atoms with Crippen molar-refractivity contribution in [3.05, 3.63) is 12.2 Å². The van der Waals surface area contributed by atoms with E-state index in [2.05, 4.69) is 19.1 Å². The molecule has 0 aromatic heterocycles. The molecule has 0 aliphatic carbocycles. The fraction of sp³-hybridized carbons (Fsp3) is 0.750. The predicted molar refractivity (Wildman–Crippen MR) is 38.4 cm³/mol. The average molecular weight is 126 g/mol. The Labute approximate surface area is 56.7 Å². The van der Waals surface area contributed by atoms with E-state index in [9.17, 15) is 0 Å². The van der Waals surface area contributed by atoms with Gasteiger partial charge < -0.3 is 4.74 Å². The lowest BCUT2D eigenvalue weighted by atomic mass is 10.1. The molecule has 0 N–H and O–H groups in total. The van der Waals surface area contributed by atoms with E-state index in [-0.39, 0.29) is 0 Å². The van der Waals surface area contributed by atoms with E-state index in [4.69, 9.17) is 4.74 Å². The van der Waals surface area contributed by atoms with Crippen LogP contribution in [0.1, 0.15) is 26.2 Å². The number of rotatable bonds is 2. The second-order valence-corrected chi connectivity index (χ2v) is 2.41. The minimum atomic E-state index is 0.420. The van der Waals surface area contributed by atoms with Crippen LogP contribution in [-0.2, 0) is 4.74 Å². The van der Waals surface area contributed by atoms with Crippen LogP contribution in [0.5, 0.6) is 0 Å². The summed E-state index contributed by atoms with van der Waals surface area (Å²) in [5.74, 6) is 0. The molecule has 0 saturated heterocycles. The highest BCUT2D eigenvalue weighted by Gasteiger charge is 2.05. The number of ether oxygens (including phenoxy) is 1. The monoisotopic (exact) mass is 126 g/mol. The summed E-state index contributed by atoms with van der Waals surface area (Å²) in [5.41, 5.74) is 0. The second-order valence-electron chi connectivity index (χ2n) is 2.41. The van der Waals surface area contributed by atoms with Gasteiger partial charge in [-0.25, -0.2) is 0 Å². The molecule has 1 heterocycles. The number of hydrogen-bond donors (Lipinski definition) is 0. The Morgan fingerprint density at radius 1 is 1.67 bits per heavy atom. The van der Waals surface area contributed by atoms with Crippen molar-refractivity contribution in [3.8, 4) is 0 Å². The zero-order chi connectivity index (χ0) is 6.53. The smallest absolute Gasteiger partial charge is 0.0755 e. The molecule has 0 spiro atoms. The van der Waals surface area contributed by atoms with E-state index in [0.717, 1.165) is 13.0 Å². The van der Waals surface area contributed by atoms with Crippen molar-refractivity contribution in [3.63, 3.8) is 0 Å². The van der Waals surface area contributed by atoms with Crippen LogP contribution in [0, 0.1) is 0 Å². The van der Waals surface area contributed by atoms with Gasteiger partial charge in [-0.1, -0.05) is 25.5 Å². The third kappa shape index (κ3) is 2.19. The quantitative estimate of drug-likeness (QED) is 0.515. The van der Waals surface area contributed by atoms with E-state index >= 15 is 0 Å². The molecule has 0 amide bonds. The van der Waals surface area contributed by atoms with Gasteiger partial charge in [0.2, 0.25) is 0 Å². The van der Waals surface area contributed by atoms with Crippen LogP contribution in [-0.4, -0.2) is 12.7 Å². The molecule has 0 saturated carbocycles. The SMILES string of the molecule is CCC[C@@H]1C=CCCO1. The van der Waals surface area contributed by atoms with Gasteiger partial charge in [0.1, 0.15) is 0 Å². The molecule has 9 heavy (non-hydrogen) atoms. The summed E-state index contributed by atoms with van der Waals surface area (Å²) in [4.78, 5) is 0. The van der Waals surface area contributed by atoms with E-state index in [1.165, 1.54) is 12.8 Å². The lowest BCUT2D eigenvalue weighted by Crippen LogP contribution is -2.13. The highest BCUT2D eigenvalue weighted by atomic mass is 16.5. The van der Waals surface area contributed by atoms with Gasteiger partial charge in [0, 0.05) is 0 Å². The first-order chi connectivity index (χ1) is 4.43. The molecule has 0 bridgehead atoms. The van der Waals surface area contributed by atoms with Crippen molar-refractivity contribution >= 4 is 0 Å². The van der Waals surface area contributed by atoms with Gasteiger partial charge in [0.25, 0.3) is 0 Å². The maximum absolute atomic E-state index is 5.43. The molecule has 1 heteroatoms. The van der Waals surface area contributed by atoms with Crippen molar-refractivity contribution in [2.75, 3.05) is 6.61 Å². The maximum Gasteiger partial charge on any atom is 0.0755 e. The normalized spacial score (nSPS) is 26.6. The standard InChI is InChI=1S/C8H14O/c1-2-5-8-6-3-4-7-9-8/h3,6,8H,2,4-5,7H2,1H3/t8-/m1/s1. The Morgan fingerprint density at radius 3 is 3.11 bits per heavy atom. The van der Waals surface area contributed by atoms with Gasteiger partial charge in [-0.05, 0) is 12.8 Å². The minimum absolute atomic E-state index is 0.420. The van der Waals surface area contributed by atoms with Gasteiger partial charge in [-0.3, -0.25) is 0 Å². The van der Waals surface area contributed by atoms with E-state index in [0.29, 0.717) is 6.10 Å². The predicted octanol–water partition coefficient (Wildman–Crippen LogP) is 2.13. The molecule has 0 radical (unpaired) electrons. The van der Waals surface area contributed by atoms with Crippen molar-refractivity contribution in [2.45, 2.75) is 32.3 Å². The molecule has 0 aromatic carbocycles. The Balaban J connectivity index is 2.23. The summed E-state index contributed by atoms with van der Waals surface area (Å²) >= 11 is 0. The third-order valence-electron chi connectivity index (χ3n) is 1.54. The summed E-state index contributed by atoms with van der Waals surface area (Å²) < 4.78 is 5.43. The molecule has 0 fully saturated rings. The van der Waals surface area contributed by atoms with E-state index < -0.39 is 0 Å². The Morgan fingerprint density at radius 2 is 2.56 bits per heavy atom. The fourth-order valence-corrected chi connectivity index (χ4v) is 1.06. The molecule has 52 valence electrons. The van der Waals surface area contributed by atoms with E-state index in [1.54, 1.807) is 0 Å². The highest BCUT2D eigenvalue weighted by molar-refractivity contribution is 4.92. The molecular formula is C8H14O. The lowest BCUT2D eigenvalue weighted by Gasteiger charge is -2.15.